The van der Waals surface area contributed by atoms with Gasteiger partial charge in [0.2, 0.25) is 0 Å². The molecule has 0 rings (SSSR count). The molecule has 5 heteroatoms. The van der Waals surface area contributed by atoms with E-state index in [1.165, 1.54) is 0 Å². The Morgan fingerprint density at radius 3 is 1.15 bits per heavy atom. The predicted octanol–water partition coefficient (Wildman–Crippen LogP) is 1.46. The summed E-state index contributed by atoms with van der Waals surface area (Å²) in [6, 6.07) is 4.32. The molecule has 0 radical (unpaired) electrons. The molecule has 0 aliphatic carbocycles. The molecular weight excluding hydrogens is 194 g/mol. The van der Waals surface area contributed by atoms with E-state index in [4.69, 9.17) is 10.8 Å². The first-order valence-corrected chi connectivity index (χ1v) is 10.3. The second kappa shape index (κ2) is 5.26. The van der Waals surface area contributed by atoms with E-state index in [1.807, 2.05) is 0 Å². The van der Waals surface area contributed by atoms with Crippen molar-refractivity contribution in [2.75, 3.05) is 0 Å². The maximum atomic E-state index is 6.32. The topological polar surface area (TPSA) is 64.1 Å². The van der Waals surface area contributed by atoms with Crippen molar-refractivity contribution in [2.24, 2.45) is 10.8 Å². The van der Waals surface area contributed by atoms with E-state index in [-0.39, 0.29) is 0 Å². The Morgan fingerprint density at radius 1 is 0.769 bits per heavy atom. The molecule has 0 fully saturated rings. The van der Waals surface area contributed by atoms with Gasteiger partial charge in [-0.2, -0.15) is 0 Å². The first kappa shape index (κ1) is 13.3. The van der Waals surface area contributed by atoms with E-state index in [9.17, 15) is 0 Å². The largest absolute Gasteiger partial charge is 0.339 e. The molecule has 0 saturated heterocycles. The Hall–Kier alpha value is 0.314. The van der Waals surface area contributed by atoms with Crippen LogP contribution in [0.15, 0.2) is 0 Å². The van der Waals surface area contributed by atoms with Crippen molar-refractivity contribution in [3.05, 3.63) is 0 Å². The Labute approximate surface area is 84.6 Å². The summed E-state index contributed by atoms with van der Waals surface area (Å²) >= 11 is 0. The fourth-order valence-corrected chi connectivity index (χ4v) is 9.14. The summed E-state index contributed by atoms with van der Waals surface area (Å²) in [5.41, 5.74) is 0. The molecule has 0 aliphatic rings. The highest BCUT2D eigenvalue weighted by Crippen LogP contribution is 2.11. The lowest BCUT2D eigenvalue weighted by atomic mass is 10.9. The molecule has 0 amide bonds. The minimum Gasteiger partial charge on any atom is -0.339 e. The highest BCUT2D eigenvalue weighted by atomic mass is 28.4. The minimum absolute atomic E-state index is 1.08. The molecule has 0 bridgehead atoms. The van der Waals surface area contributed by atoms with Gasteiger partial charge in [-0.1, -0.05) is 27.7 Å². The van der Waals surface area contributed by atoms with Gasteiger partial charge in [0.1, 0.15) is 0 Å². The number of nitrogens with two attached hydrogens (primary N) is 2. The van der Waals surface area contributed by atoms with Crippen LogP contribution in [0.3, 0.4) is 0 Å². The van der Waals surface area contributed by atoms with Gasteiger partial charge >= 0.3 is 0 Å². The normalized spacial score (nSPS) is 13.4. The molecule has 5 N–H and O–H groups in total. The van der Waals surface area contributed by atoms with Gasteiger partial charge in [-0.15, -0.1) is 0 Å². The van der Waals surface area contributed by atoms with Crippen LogP contribution in [-0.4, -0.2) is 16.8 Å². The molecule has 13 heavy (non-hydrogen) atoms. The number of rotatable bonds is 6. The van der Waals surface area contributed by atoms with Crippen molar-refractivity contribution in [3.8, 4) is 0 Å². The van der Waals surface area contributed by atoms with Crippen molar-refractivity contribution < 1.29 is 0 Å². The van der Waals surface area contributed by atoms with Gasteiger partial charge in [0.15, 0.2) is 16.8 Å². The van der Waals surface area contributed by atoms with Crippen LogP contribution in [-0.2, 0) is 0 Å². The number of nitrogens with one attached hydrogen (secondary N) is 1. The van der Waals surface area contributed by atoms with Gasteiger partial charge in [0, 0.05) is 0 Å². The van der Waals surface area contributed by atoms with E-state index in [1.54, 1.807) is 0 Å². The minimum atomic E-state index is -1.69. The van der Waals surface area contributed by atoms with E-state index < -0.39 is 16.8 Å². The fraction of sp³-hybridized carbons (Fsp3) is 1.00. The average Bonchev–Trinajstić information content (AvgIpc) is 2.17. The molecule has 0 unspecified atom stereocenters. The van der Waals surface area contributed by atoms with Gasteiger partial charge in [-0.3, -0.25) is 0 Å². The summed E-state index contributed by atoms with van der Waals surface area (Å²) in [5.74, 6) is 0. The standard InChI is InChI=1S/C8H25N3Si2/c1-5-12(9,6-2)11-13(10,7-3)8-4/h11H,5-10H2,1-4H3. The third kappa shape index (κ3) is 3.91. The zero-order valence-corrected chi connectivity index (χ0v) is 11.5. The van der Waals surface area contributed by atoms with E-state index in [0.717, 1.165) is 24.2 Å². The lowest BCUT2D eigenvalue weighted by Crippen LogP contribution is -2.73. The molecule has 0 aromatic rings. The molecule has 0 saturated carbocycles. The van der Waals surface area contributed by atoms with Crippen LogP contribution in [0, 0.1) is 0 Å². The summed E-state index contributed by atoms with van der Waals surface area (Å²) in [7, 11) is -3.38. The van der Waals surface area contributed by atoms with Crippen molar-refractivity contribution >= 4 is 16.8 Å². The Kier molecular flexibility index (Phi) is 5.38. The fourth-order valence-electron chi connectivity index (χ4n) is 1.35. The van der Waals surface area contributed by atoms with Crippen LogP contribution in [0.4, 0.5) is 0 Å². The van der Waals surface area contributed by atoms with Crippen LogP contribution in [0.5, 0.6) is 0 Å². The van der Waals surface area contributed by atoms with Gasteiger partial charge < -0.3 is 15.4 Å². The maximum absolute atomic E-state index is 6.32. The first-order valence-electron chi connectivity index (χ1n) is 5.32. The third-order valence-electron chi connectivity index (χ3n) is 3.02. The third-order valence-corrected chi connectivity index (χ3v) is 12.1. The van der Waals surface area contributed by atoms with Crippen LogP contribution in [0.25, 0.3) is 0 Å². The molecule has 0 spiro atoms. The second-order valence-corrected chi connectivity index (χ2v) is 12.3. The summed E-state index contributed by atoms with van der Waals surface area (Å²) in [5, 5.41) is 12.6. The van der Waals surface area contributed by atoms with Crippen LogP contribution in [0.2, 0.25) is 24.2 Å². The molecule has 0 aliphatic heterocycles. The maximum Gasteiger partial charge on any atom is 0.192 e. The molecule has 3 nitrogen and oxygen atoms in total. The van der Waals surface area contributed by atoms with Crippen molar-refractivity contribution in [1.29, 1.82) is 0 Å². The predicted molar refractivity (Wildman–Crippen MR) is 64.9 cm³/mol. The quantitative estimate of drug-likeness (QED) is 0.593. The van der Waals surface area contributed by atoms with Gasteiger partial charge in [0.05, 0.1) is 0 Å². The molecule has 0 heterocycles. The Balaban J connectivity index is 4.36. The number of hydrogen-bond donors (Lipinski definition) is 3. The summed E-state index contributed by atoms with van der Waals surface area (Å²) in [4.78, 5) is 0. The average molecular weight is 219 g/mol. The van der Waals surface area contributed by atoms with E-state index >= 15 is 0 Å². The molecule has 80 valence electrons. The Bertz CT molecular complexity index is 128. The van der Waals surface area contributed by atoms with Crippen molar-refractivity contribution in [2.45, 2.75) is 51.9 Å². The van der Waals surface area contributed by atoms with Crippen LogP contribution >= 0.6 is 0 Å². The van der Waals surface area contributed by atoms with Gasteiger partial charge in [-0.05, 0) is 24.2 Å². The molecule has 0 atom stereocenters. The summed E-state index contributed by atoms with van der Waals surface area (Å²) in [6.45, 7) is 8.68. The van der Waals surface area contributed by atoms with E-state index in [2.05, 4.69) is 32.3 Å². The van der Waals surface area contributed by atoms with Crippen LogP contribution < -0.4 is 15.4 Å². The van der Waals surface area contributed by atoms with Crippen molar-refractivity contribution in [3.63, 3.8) is 0 Å². The number of hydrogen-bond acceptors (Lipinski definition) is 3. The van der Waals surface area contributed by atoms with E-state index in [0.29, 0.717) is 0 Å². The highest BCUT2D eigenvalue weighted by Gasteiger charge is 2.34. The molecular formula is C8H25N3Si2. The summed E-state index contributed by atoms with van der Waals surface area (Å²) in [6.07, 6.45) is 0. The van der Waals surface area contributed by atoms with Gasteiger partial charge in [0.25, 0.3) is 0 Å². The van der Waals surface area contributed by atoms with Crippen molar-refractivity contribution in [1.82, 2.24) is 4.65 Å². The monoisotopic (exact) mass is 219 g/mol. The zero-order valence-electron chi connectivity index (χ0n) is 9.48. The SMILES string of the molecule is CC[Si](N)(CC)N[Si](N)(CC)CC. The Morgan fingerprint density at radius 2 is 1.00 bits per heavy atom. The lowest BCUT2D eigenvalue weighted by Gasteiger charge is -2.35. The molecule has 0 aromatic heterocycles. The van der Waals surface area contributed by atoms with Gasteiger partial charge in [-0.25, -0.2) is 0 Å². The summed E-state index contributed by atoms with van der Waals surface area (Å²) < 4.78 is 3.64. The smallest absolute Gasteiger partial charge is 0.192 e. The molecule has 0 aromatic carbocycles. The highest BCUT2D eigenvalue weighted by molar-refractivity contribution is 6.90. The second-order valence-electron chi connectivity index (χ2n) is 3.85. The first-order chi connectivity index (χ1) is 5.95. The lowest BCUT2D eigenvalue weighted by molar-refractivity contribution is 1.05. The zero-order chi connectivity index (χ0) is 10.5. The van der Waals surface area contributed by atoms with Crippen LogP contribution in [0.1, 0.15) is 27.7 Å².